The van der Waals surface area contributed by atoms with Gasteiger partial charge in [0.05, 0.1) is 0 Å². The summed E-state index contributed by atoms with van der Waals surface area (Å²) in [6.07, 6.45) is 11.9. The number of allylic oxidation sites excluding steroid dienone is 4. The van der Waals surface area contributed by atoms with Crippen LogP contribution in [0.15, 0.2) is 85.0 Å². The summed E-state index contributed by atoms with van der Waals surface area (Å²) in [5.41, 5.74) is 5.64. The van der Waals surface area contributed by atoms with Crippen molar-refractivity contribution < 1.29 is 23.3 Å². The van der Waals surface area contributed by atoms with Gasteiger partial charge < -0.3 is 0 Å². The maximum absolute atomic E-state index is 3.06. The van der Waals surface area contributed by atoms with E-state index in [1.54, 1.807) is 0 Å². The second kappa shape index (κ2) is 16.2. The normalized spacial score (nSPS) is 12.2. The molecule has 5 rings (SSSR count). The molecule has 2 heteroatoms. The van der Waals surface area contributed by atoms with Crippen molar-refractivity contribution in [1.82, 2.24) is 0 Å². The van der Waals surface area contributed by atoms with E-state index in [-0.39, 0.29) is 0 Å². The van der Waals surface area contributed by atoms with E-state index >= 15 is 0 Å². The minimum absolute atomic E-state index is 0.739. The van der Waals surface area contributed by atoms with Gasteiger partial charge in [-0.1, -0.05) is 59.1 Å². The Morgan fingerprint density at radius 1 is 0.757 bits per heavy atom. The van der Waals surface area contributed by atoms with E-state index < -0.39 is 0 Å². The van der Waals surface area contributed by atoms with Gasteiger partial charge in [0.25, 0.3) is 0 Å². The molecule has 0 spiro atoms. The Morgan fingerprint density at radius 2 is 1.22 bits per heavy atom. The SMILES string of the molecule is C[C-]1C=CC=CC1.Cc1cc2cc(CC(C)C)ccc2[cH-]1.Cc1cc2cc(CC(C)C)ccc2[cH-]1.[Si]=[Zr]. The first kappa shape index (κ1) is 31.3. The zero-order valence-electron chi connectivity index (χ0n) is 23.9. The van der Waals surface area contributed by atoms with Gasteiger partial charge in [0, 0.05) is 0 Å². The van der Waals surface area contributed by atoms with Crippen LogP contribution in [0.2, 0.25) is 0 Å². The molecule has 4 aromatic rings. The molecule has 1 aliphatic carbocycles. The van der Waals surface area contributed by atoms with Crippen LogP contribution in [0.25, 0.3) is 21.5 Å². The Bertz CT molecular complexity index is 1200. The second-order valence-electron chi connectivity index (χ2n) is 11.0. The molecule has 0 heterocycles. The molecule has 37 heavy (non-hydrogen) atoms. The molecule has 4 aromatic carbocycles. The molecule has 2 radical (unpaired) electrons. The summed E-state index contributed by atoms with van der Waals surface area (Å²) in [6, 6.07) is 22.6. The van der Waals surface area contributed by atoms with E-state index in [4.69, 9.17) is 0 Å². The molecule has 0 saturated heterocycles. The molecule has 0 unspecified atom stereocenters. The van der Waals surface area contributed by atoms with Crippen molar-refractivity contribution in [2.45, 2.75) is 67.7 Å². The summed E-state index contributed by atoms with van der Waals surface area (Å²) in [7, 11) is 0. The van der Waals surface area contributed by atoms with E-state index in [1.807, 2.05) is 0 Å². The number of benzene rings is 2. The number of aryl methyl sites for hydroxylation is 2. The van der Waals surface area contributed by atoms with Crippen molar-refractivity contribution in [2.24, 2.45) is 11.8 Å². The summed E-state index contributed by atoms with van der Waals surface area (Å²) < 4.78 is 0. The van der Waals surface area contributed by atoms with Crippen molar-refractivity contribution in [3.63, 3.8) is 0 Å². The van der Waals surface area contributed by atoms with Crippen molar-refractivity contribution >= 4 is 28.4 Å². The minimum atomic E-state index is 0.739. The number of fused-ring (bicyclic) bond motifs is 2. The fourth-order valence-corrected chi connectivity index (χ4v) is 4.64. The van der Waals surface area contributed by atoms with Crippen LogP contribution in [0, 0.1) is 31.6 Å². The quantitative estimate of drug-likeness (QED) is 0.166. The van der Waals surface area contributed by atoms with Crippen LogP contribution >= 0.6 is 0 Å². The van der Waals surface area contributed by atoms with Gasteiger partial charge in [0.15, 0.2) is 0 Å². The first-order chi connectivity index (χ1) is 17.7. The van der Waals surface area contributed by atoms with Crippen LogP contribution in [0.5, 0.6) is 0 Å². The second-order valence-corrected chi connectivity index (χ2v) is 11.0. The summed E-state index contributed by atoms with van der Waals surface area (Å²) in [5, 5.41) is 5.52. The Hall–Kier alpha value is -1.89. The summed E-state index contributed by atoms with van der Waals surface area (Å²) >= 11 is 1.36. The average molecular weight is 583 g/mol. The number of hydrogen-bond donors (Lipinski definition) is 0. The maximum atomic E-state index is 3.06. The Morgan fingerprint density at radius 3 is 1.54 bits per heavy atom. The molecule has 0 bridgehead atoms. The molecular formula is C35H43SiZr-3. The monoisotopic (exact) mass is 581 g/mol. The molecule has 0 aliphatic heterocycles. The molecule has 0 aromatic heterocycles. The summed E-state index contributed by atoms with van der Waals surface area (Å²) in [4.78, 5) is 0. The van der Waals surface area contributed by atoms with Gasteiger partial charge >= 0.3 is 30.2 Å². The molecule has 1 aliphatic rings. The van der Waals surface area contributed by atoms with Gasteiger partial charge in [-0.3, -0.25) is 0 Å². The van der Waals surface area contributed by atoms with Gasteiger partial charge in [0.1, 0.15) is 0 Å². The molecule has 0 atom stereocenters. The number of hydrogen-bond acceptors (Lipinski definition) is 0. The van der Waals surface area contributed by atoms with E-state index in [0.29, 0.717) is 0 Å². The van der Waals surface area contributed by atoms with Gasteiger partial charge in [-0.25, -0.2) is 18.1 Å². The van der Waals surface area contributed by atoms with E-state index in [2.05, 4.69) is 140 Å². The molecule has 0 amide bonds. The van der Waals surface area contributed by atoms with E-state index in [1.165, 1.54) is 85.9 Å². The number of rotatable bonds is 4. The molecular weight excluding hydrogens is 540 g/mol. The molecule has 0 N–H and O–H groups in total. The van der Waals surface area contributed by atoms with Gasteiger partial charge in [0.2, 0.25) is 0 Å². The third-order valence-electron chi connectivity index (χ3n) is 6.19. The first-order valence-corrected chi connectivity index (χ1v) is 17.6. The van der Waals surface area contributed by atoms with E-state index in [9.17, 15) is 0 Å². The van der Waals surface area contributed by atoms with Crippen LogP contribution in [0.1, 0.15) is 63.3 Å². The van der Waals surface area contributed by atoms with Crippen LogP contribution < -0.4 is 0 Å². The standard InChI is InChI=1S/2C14H17.C7H9.Si.Zr/c2*1-10(2)6-12-4-5-13-7-11(3)8-14(13)9-12;1-7-5-3-2-4-6-7;;/h2*4-5,7-10H,6H2,1-3H3;2-5H,6H2,1H3;;/q3*-1;;. The average Bonchev–Trinajstić information content (AvgIpc) is 3.40. The predicted molar refractivity (Wildman–Crippen MR) is 163 cm³/mol. The van der Waals surface area contributed by atoms with Crippen LogP contribution in [0.4, 0.5) is 0 Å². The summed E-state index contributed by atoms with van der Waals surface area (Å²) in [5.74, 6) is 2.93. The van der Waals surface area contributed by atoms with E-state index in [0.717, 1.165) is 18.3 Å². The fourth-order valence-electron chi connectivity index (χ4n) is 4.64. The first-order valence-electron chi connectivity index (χ1n) is 13.4. The predicted octanol–water partition coefficient (Wildman–Crippen LogP) is 9.84. The van der Waals surface area contributed by atoms with Gasteiger partial charge in [-0.2, -0.15) is 12.1 Å². The van der Waals surface area contributed by atoms with Crippen LogP contribution in [-0.4, -0.2) is 6.88 Å². The topological polar surface area (TPSA) is 0 Å². The molecule has 0 saturated carbocycles. The third-order valence-corrected chi connectivity index (χ3v) is 6.19. The Balaban J connectivity index is 0.000000198. The van der Waals surface area contributed by atoms with Gasteiger partial charge in [-0.05, 0) is 24.7 Å². The van der Waals surface area contributed by atoms with Crippen LogP contribution in [-0.2, 0) is 36.2 Å². The Labute approximate surface area is 243 Å². The van der Waals surface area contributed by atoms with Crippen molar-refractivity contribution in [1.29, 1.82) is 0 Å². The third kappa shape index (κ3) is 11.2. The zero-order chi connectivity index (χ0) is 27.4. The van der Waals surface area contributed by atoms with Crippen molar-refractivity contribution in [3.8, 4) is 0 Å². The van der Waals surface area contributed by atoms with Crippen molar-refractivity contribution in [2.75, 3.05) is 0 Å². The van der Waals surface area contributed by atoms with Crippen molar-refractivity contribution in [3.05, 3.63) is 113 Å². The zero-order valence-corrected chi connectivity index (χ0v) is 27.3. The van der Waals surface area contributed by atoms with Gasteiger partial charge in [-0.15, -0.1) is 100 Å². The summed E-state index contributed by atoms with van der Waals surface area (Å²) in [6.45, 7) is 18.6. The molecule has 0 fully saturated rings. The van der Waals surface area contributed by atoms with Crippen LogP contribution in [0.3, 0.4) is 0 Å². The fraction of sp³-hybridized carbons (Fsp3) is 0.343. The Kier molecular flexibility index (Phi) is 13.7. The molecule has 194 valence electrons. The molecule has 0 nitrogen and oxygen atoms in total.